The minimum Gasteiger partial charge on any atom is -0.394 e. The predicted molar refractivity (Wildman–Crippen MR) is 104 cm³/mol. The summed E-state index contributed by atoms with van der Waals surface area (Å²) in [6.45, 7) is 2.03. The van der Waals surface area contributed by atoms with E-state index in [4.69, 9.17) is 23.2 Å². The van der Waals surface area contributed by atoms with E-state index < -0.39 is 0 Å². The van der Waals surface area contributed by atoms with E-state index in [1.807, 2.05) is 31.2 Å². The van der Waals surface area contributed by atoms with Gasteiger partial charge < -0.3 is 15.7 Å². The molecular weight excluding hydrogens is 359 g/mol. The Morgan fingerprint density at radius 1 is 1.08 bits per heavy atom. The van der Waals surface area contributed by atoms with Gasteiger partial charge in [-0.2, -0.15) is 4.98 Å². The van der Waals surface area contributed by atoms with Gasteiger partial charge in [0, 0.05) is 21.1 Å². The number of aliphatic hydroxyl groups excluding tert-OH is 1. The van der Waals surface area contributed by atoms with Gasteiger partial charge in [0.1, 0.15) is 5.82 Å². The van der Waals surface area contributed by atoms with Gasteiger partial charge in [0.05, 0.1) is 18.2 Å². The molecule has 0 radical (unpaired) electrons. The Bertz CT molecular complexity index is 864. The lowest BCUT2D eigenvalue weighted by molar-refractivity contribution is 0.271. The van der Waals surface area contributed by atoms with Crippen LogP contribution in [0.3, 0.4) is 0 Å². The van der Waals surface area contributed by atoms with E-state index in [-0.39, 0.29) is 12.6 Å². The molecule has 0 amide bonds. The van der Waals surface area contributed by atoms with Crippen molar-refractivity contribution in [2.24, 2.45) is 0 Å². The molecule has 130 valence electrons. The van der Waals surface area contributed by atoms with E-state index in [0.717, 1.165) is 17.3 Å². The largest absolute Gasteiger partial charge is 0.394 e. The van der Waals surface area contributed by atoms with Crippen molar-refractivity contribution in [2.45, 2.75) is 19.4 Å². The molecule has 0 bridgehead atoms. The number of rotatable bonds is 6. The summed E-state index contributed by atoms with van der Waals surface area (Å²) in [6.07, 6.45) is 0.779. The Hall–Kier alpha value is -2.08. The van der Waals surface area contributed by atoms with E-state index in [2.05, 4.69) is 20.6 Å². The molecule has 1 aromatic heterocycles. The minimum absolute atomic E-state index is 0.0293. The van der Waals surface area contributed by atoms with Gasteiger partial charge in [0.15, 0.2) is 0 Å². The monoisotopic (exact) mass is 376 g/mol. The number of nitrogens with zero attached hydrogens (tertiary/aromatic N) is 2. The van der Waals surface area contributed by atoms with Gasteiger partial charge in [-0.05, 0) is 36.8 Å². The third-order valence-electron chi connectivity index (χ3n) is 3.78. The van der Waals surface area contributed by atoms with Crippen molar-refractivity contribution < 1.29 is 5.11 Å². The Kier molecular flexibility index (Phi) is 5.58. The zero-order chi connectivity index (χ0) is 17.8. The number of aromatic nitrogens is 2. The number of fused-ring (bicyclic) bond motifs is 1. The summed E-state index contributed by atoms with van der Waals surface area (Å²) in [6, 6.07) is 12.8. The van der Waals surface area contributed by atoms with Crippen LogP contribution in [0, 0.1) is 0 Å². The summed E-state index contributed by atoms with van der Waals surface area (Å²) in [5.74, 6) is 1.09. The summed E-state index contributed by atoms with van der Waals surface area (Å²) >= 11 is 12.1. The molecule has 3 rings (SSSR count). The first kappa shape index (κ1) is 17.7. The van der Waals surface area contributed by atoms with Crippen LogP contribution in [0.25, 0.3) is 10.9 Å². The minimum atomic E-state index is -0.0771. The van der Waals surface area contributed by atoms with Crippen molar-refractivity contribution in [1.82, 2.24) is 9.97 Å². The first-order valence-corrected chi connectivity index (χ1v) is 8.72. The van der Waals surface area contributed by atoms with Crippen molar-refractivity contribution in [1.29, 1.82) is 0 Å². The average molecular weight is 377 g/mol. The lowest BCUT2D eigenvalue weighted by Crippen LogP contribution is -2.23. The molecule has 0 aliphatic rings. The fraction of sp³-hybridized carbons (Fsp3) is 0.222. The highest BCUT2D eigenvalue weighted by Crippen LogP contribution is 2.27. The smallest absolute Gasteiger partial charge is 0.229 e. The number of hydrogen-bond acceptors (Lipinski definition) is 5. The summed E-state index contributed by atoms with van der Waals surface area (Å²) < 4.78 is 0. The van der Waals surface area contributed by atoms with E-state index >= 15 is 0 Å². The number of halogens is 2. The standard InChI is InChI=1S/C18H18Cl2N4O/c1-2-13(10-25)21-17-15-5-3-4-6-16(15)23-18(24-17)22-14-8-11(19)7-12(20)9-14/h3-9,13,25H,2,10H2,1H3,(H2,21,22,23,24). The maximum Gasteiger partial charge on any atom is 0.229 e. The molecule has 0 fully saturated rings. The quantitative estimate of drug-likeness (QED) is 0.572. The summed E-state index contributed by atoms with van der Waals surface area (Å²) in [5.41, 5.74) is 1.50. The summed E-state index contributed by atoms with van der Waals surface area (Å²) in [5, 5.41) is 17.8. The number of nitrogens with one attached hydrogen (secondary N) is 2. The Labute approximate surface area is 156 Å². The highest BCUT2D eigenvalue weighted by Gasteiger charge is 2.12. The highest BCUT2D eigenvalue weighted by atomic mass is 35.5. The second-order valence-electron chi connectivity index (χ2n) is 5.63. The van der Waals surface area contributed by atoms with Gasteiger partial charge in [-0.15, -0.1) is 0 Å². The second kappa shape index (κ2) is 7.87. The van der Waals surface area contributed by atoms with Crippen molar-refractivity contribution in [3.05, 3.63) is 52.5 Å². The molecule has 0 aliphatic heterocycles. The third kappa shape index (κ3) is 4.31. The van der Waals surface area contributed by atoms with E-state index in [9.17, 15) is 5.11 Å². The van der Waals surface area contributed by atoms with Gasteiger partial charge >= 0.3 is 0 Å². The second-order valence-corrected chi connectivity index (χ2v) is 6.50. The Morgan fingerprint density at radius 3 is 2.48 bits per heavy atom. The highest BCUT2D eigenvalue weighted by molar-refractivity contribution is 6.35. The SMILES string of the molecule is CCC(CO)Nc1nc(Nc2cc(Cl)cc(Cl)c2)nc2ccccc12. The molecule has 3 N–H and O–H groups in total. The van der Waals surface area contributed by atoms with Gasteiger partial charge in [0.25, 0.3) is 0 Å². The molecule has 0 saturated heterocycles. The molecule has 1 heterocycles. The molecule has 7 heteroatoms. The van der Waals surface area contributed by atoms with E-state index in [1.54, 1.807) is 18.2 Å². The van der Waals surface area contributed by atoms with Gasteiger partial charge in [0.2, 0.25) is 5.95 Å². The first-order chi connectivity index (χ1) is 12.1. The van der Waals surface area contributed by atoms with Crippen LogP contribution < -0.4 is 10.6 Å². The molecule has 2 aromatic carbocycles. The molecule has 5 nitrogen and oxygen atoms in total. The van der Waals surface area contributed by atoms with Crippen LogP contribution in [0.2, 0.25) is 10.0 Å². The maximum atomic E-state index is 9.47. The van der Waals surface area contributed by atoms with Crippen LogP contribution in [0.4, 0.5) is 17.5 Å². The predicted octanol–water partition coefficient (Wildman–Crippen LogP) is 4.86. The van der Waals surface area contributed by atoms with Crippen molar-refractivity contribution in [3.63, 3.8) is 0 Å². The zero-order valence-corrected chi connectivity index (χ0v) is 15.1. The topological polar surface area (TPSA) is 70.1 Å². The molecule has 3 aromatic rings. The van der Waals surface area contributed by atoms with Crippen molar-refractivity contribution in [3.8, 4) is 0 Å². The number of benzene rings is 2. The van der Waals surface area contributed by atoms with Crippen molar-refractivity contribution >= 4 is 51.6 Å². The molecule has 25 heavy (non-hydrogen) atoms. The summed E-state index contributed by atoms with van der Waals surface area (Å²) in [7, 11) is 0. The molecule has 0 saturated carbocycles. The van der Waals surface area contributed by atoms with Crippen LogP contribution in [0.5, 0.6) is 0 Å². The average Bonchev–Trinajstić information content (AvgIpc) is 2.58. The molecule has 0 aliphatic carbocycles. The fourth-order valence-corrected chi connectivity index (χ4v) is 2.99. The number of para-hydroxylation sites is 1. The first-order valence-electron chi connectivity index (χ1n) is 7.96. The lowest BCUT2D eigenvalue weighted by atomic mass is 10.2. The van der Waals surface area contributed by atoms with E-state index in [0.29, 0.717) is 27.5 Å². The van der Waals surface area contributed by atoms with Crippen LogP contribution >= 0.6 is 23.2 Å². The van der Waals surface area contributed by atoms with Crippen LogP contribution in [0.1, 0.15) is 13.3 Å². The number of aliphatic hydroxyl groups is 1. The van der Waals surface area contributed by atoms with Crippen LogP contribution in [0.15, 0.2) is 42.5 Å². The lowest BCUT2D eigenvalue weighted by Gasteiger charge is -2.17. The van der Waals surface area contributed by atoms with Crippen LogP contribution in [-0.4, -0.2) is 27.7 Å². The van der Waals surface area contributed by atoms with Gasteiger partial charge in [-0.3, -0.25) is 0 Å². The normalized spacial score (nSPS) is 12.2. The zero-order valence-electron chi connectivity index (χ0n) is 13.6. The maximum absolute atomic E-state index is 9.47. The molecule has 0 spiro atoms. The van der Waals surface area contributed by atoms with Gasteiger partial charge in [-0.25, -0.2) is 4.98 Å². The number of hydrogen-bond donors (Lipinski definition) is 3. The Morgan fingerprint density at radius 2 is 1.80 bits per heavy atom. The van der Waals surface area contributed by atoms with Crippen LogP contribution in [-0.2, 0) is 0 Å². The molecule has 1 atom stereocenters. The summed E-state index contributed by atoms with van der Waals surface area (Å²) in [4.78, 5) is 9.10. The molecular formula is C18H18Cl2N4O. The third-order valence-corrected chi connectivity index (χ3v) is 4.21. The molecule has 1 unspecified atom stereocenters. The Balaban J connectivity index is 2.00. The van der Waals surface area contributed by atoms with Crippen molar-refractivity contribution in [2.75, 3.05) is 17.2 Å². The van der Waals surface area contributed by atoms with E-state index in [1.165, 1.54) is 0 Å². The van der Waals surface area contributed by atoms with Gasteiger partial charge in [-0.1, -0.05) is 42.3 Å². The number of anilines is 3. The fourth-order valence-electron chi connectivity index (χ4n) is 2.47.